The van der Waals surface area contributed by atoms with Crippen LogP contribution < -0.4 is 20.7 Å². The first-order chi connectivity index (χ1) is 13.6. The lowest BCUT2D eigenvalue weighted by molar-refractivity contribution is 0.0950. The molecule has 0 bridgehead atoms. The lowest BCUT2D eigenvalue weighted by Crippen LogP contribution is -2.19. The van der Waals surface area contributed by atoms with E-state index in [1.165, 1.54) is 6.20 Å². The average molecular weight is 377 g/mol. The smallest absolute Gasteiger partial charge is 0.269 e. The largest absolute Gasteiger partial charge is 0.457 e. The maximum absolute atomic E-state index is 11.7. The van der Waals surface area contributed by atoms with Gasteiger partial charge in [0, 0.05) is 43.9 Å². The van der Waals surface area contributed by atoms with Gasteiger partial charge < -0.3 is 20.7 Å². The van der Waals surface area contributed by atoms with Crippen molar-refractivity contribution in [3.05, 3.63) is 72.3 Å². The number of anilines is 2. The molecular formula is C20H19N5O3. The third-order valence-corrected chi connectivity index (χ3v) is 3.79. The monoisotopic (exact) mass is 377 g/mol. The van der Waals surface area contributed by atoms with Crippen molar-refractivity contribution >= 4 is 23.2 Å². The summed E-state index contributed by atoms with van der Waals surface area (Å²) >= 11 is 0. The number of aromatic nitrogens is 2. The van der Waals surface area contributed by atoms with Crippen LogP contribution in [0.3, 0.4) is 0 Å². The van der Waals surface area contributed by atoms with E-state index in [4.69, 9.17) is 4.74 Å². The van der Waals surface area contributed by atoms with Crippen LogP contribution in [0.5, 0.6) is 11.5 Å². The number of nitrogens with zero attached hydrogens (tertiary/aromatic N) is 2. The lowest BCUT2D eigenvalue weighted by atomic mass is 10.2. The Morgan fingerprint density at radius 3 is 2.00 bits per heavy atom. The Balaban J connectivity index is 1.69. The summed E-state index contributed by atoms with van der Waals surface area (Å²) < 4.78 is 5.77. The molecule has 0 saturated carbocycles. The first kappa shape index (κ1) is 18.8. The first-order valence-electron chi connectivity index (χ1n) is 8.50. The normalized spacial score (nSPS) is 10.1. The zero-order chi connectivity index (χ0) is 19.9. The zero-order valence-electron chi connectivity index (χ0n) is 15.4. The number of rotatable bonds is 6. The molecule has 2 heterocycles. The number of carbonyl (C=O) groups is 2. The Hall–Kier alpha value is -3.94. The van der Waals surface area contributed by atoms with Crippen LogP contribution in [0.25, 0.3) is 0 Å². The molecule has 0 saturated heterocycles. The van der Waals surface area contributed by atoms with Gasteiger partial charge in [0.1, 0.15) is 22.9 Å². The summed E-state index contributed by atoms with van der Waals surface area (Å²) in [5, 5.41) is 8.27. The SMILES string of the molecule is CNC(=O)c1cc(Nc2ccc(Oc3ccnc(C(=O)NC)c3)cc2)ccn1. The van der Waals surface area contributed by atoms with Gasteiger partial charge in [-0.2, -0.15) is 0 Å². The van der Waals surface area contributed by atoms with Gasteiger partial charge in [-0.25, -0.2) is 0 Å². The molecule has 0 aliphatic heterocycles. The number of amides is 2. The molecule has 0 spiro atoms. The molecule has 2 amide bonds. The van der Waals surface area contributed by atoms with Crippen molar-refractivity contribution in [2.24, 2.45) is 0 Å². The van der Waals surface area contributed by atoms with Gasteiger partial charge in [-0.05, 0) is 42.5 Å². The van der Waals surface area contributed by atoms with Crippen LogP contribution >= 0.6 is 0 Å². The highest BCUT2D eigenvalue weighted by atomic mass is 16.5. The molecular weight excluding hydrogens is 358 g/mol. The molecule has 0 aliphatic rings. The van der Waals surface area contributed by atoms with Crippen molar-refractivity contribution in [3.8, 4) is 11.5 Å². The van der Waals surface area contributed by atoms with E-state index in [0.29, 0.717) is 17.2 Å². The summed E-state index contributed by atoms with van der Waals surface area (Å²) in [5.41, 5.74) is 2.17. The number of hydrogen-bond acceptors (Lipinski definition) is 6. The van der Waals surface area contributed by atoms with Crippen molar-refractivity contribution in [2.75, 3.05) is 19.4 Å². The molecule has 28 heavy (non-hydrogen) atoms. The van der Waals surface area contributed by atoms with Gasteiger partial charge in [-0.15, -0.1) is 0 Å². The molecule has 0 unspecified atom stereocenters. The van der Waals surface area contributed by atoms with Crippen LogP contribution in [0.4, 0.5) is 11.4 Å². The Morgan fingerprint density at radius 2 is 1.36 bits per heavy atom. The maximum Gasteiger partial charge on any atom is 0.269 e. The van der Waals surface area contributed by atoms with Crippen molar-refractivity contribution in [1.29, 1.82) is 0 Å². The van der Waals surface area contributed by atoms with Gasteiger partial charge >= 0.3 is 0 Å². The van der Waals surface area contributed by atoms with Crippen LogP contribution in [-0.4, -0.2) is 35.9 Å². The van der Waals surface area contributed by atoms with Crippen LogP contribution in [0.15, 0.2) is 60.9 Å². The first-order valence-corrected chi connectivity index (χ1v) is 8.50. The summed E-state index contributed by atoms with van der Waals surface area (Å²) in [6.07, 6.45) is 3.08. The highest BCUT2D eigenvalue weighted by molar-refractivity contribution is 5.93. The highest BCUT2D eigenvalue weighted by Crippen LogP contribution is 2.25. The maximum atomic E-state index is 11.7. The van der Waals surface area contributed by atoms with Crippen molar-refractivity contribution in [2.45, 2.75) is 0 Å². The fourth-order valence-corrected chi connectivity index (χ4v) is 2.40. The van der Waals surface area contributed by atoms with Crippen LogP contribution in [0, 0.1) is 0 Å². The van der Waals surface area contributed by atoms with E-state index in [2.05, 4.69) is 25.9 Å². The van der Waals surface area contributed by atoms with E-state index >= 15 is 0 Å². The molecule has 3 rings (SSSR count). The fourth-order valence-electron chi connectivity index (χ4n) is 2.40. The Morgan fingerprint density at radius 1 is 0.750 bits per heavy atom. The van der Waals surface area contributed by atoms with Crippen molar-refractivity contribution in [1.82, 2.24) is 20.6 Å². The Labute approximate surface area is 162 Å². The molecule has 0 atom stereocenters. The number of benzene rings is 1. The average Bonchev–Trinajstić information content (AvgIpc) is 2.74. The van der Waals surface area contributed by atoms with Gasteiger partial charge in [0.2, 0.25) is 0 Å². The van der Waals surface area contributed by atoms with E-state index < -0.39 is 0 Å². The number of pyridine rings is 2. The predicted molar refractivity (Wildman–Crippen MR) is 105 cm³/mol. The van der Waals surface area contributed by atoms with Crippen molar-refractivity contribution in [3.63, 3.8) is 0 Å². The minimum absolute atomic E-state index is 0.249. The molecule has 3 N–H and O–H groups in total. The van der Waals surface area contributed by atoms with E-state index in [9.17, 15) is 9.59 Å². The van der Waals surface area contributed by atoms with E-state index in [0.717, 1.165) is 11.4 Å². The minimum atomic E-state index is -0.279. The molecule has 0 radical (unpaired) electrons. The molecule has 0 aliphatic carbocycles. The lowest BCUT2D eigenvalue weighted by Gasteiger charge is -2.10. The summed E-state index contributed by atoms with van der Waals surface area (Å²) in [5.74, 6) is 0.596. The van der Waals surface area contributed by atoms with E-state index in [1.807, 2.05) is 12.1 Å². The molecule has 0 fully saturated rings. The third kappa shape index (κ3) is 4.61. The van der Waals surface area contributed by atoms with Gasteiger partial charge in [0.05, 0.1) is 0 Å². The Bertz CT molecular complexity index is 909. The summed E-state index contributed by atoms with van der Waals surface area (Å²) in [6.45, 7) is 0. The highest BCUT2D eigenvalue weighted by Gasteiger charge is 2.08. The number of hydrogen-bond donors (Lipinski definition) is 3. The molecule has 3 aromatic rings. The second-order valence-corrected chi connectivity index (χ2v) is 5.72. The van der Waals surface area contributed by atoms with Crippen molar-refractivity contribution < 1.29 is 14.3 Å². The van der Waals surface area contributed by atoms with Crippen LogP contribution in [0.1, 0.15) is 21.0 Å². The third-order valence-electron chi connectivity index (χ3n) is 3.79. The number of carbonyl (C=O) groups excluding carboxylic acids is 2. The quantitative estimate of drug-likeness (QED) is 0.610. The summed E-state index contributed by atoms with van der Waals surface area (Å²) in [7, 11) is 3.10. The van der Waals surface area contributed by atoms with Gasteiger partial charge in [0.15, 0.2) is 0 Å². The number of ether oxygens (including phenoxy) is 1. The number of nitrogens with one attached hydrogen (secondary N) is 3. The molecule has 142 valence electrons. The summed E-state index contributed by atoms with van der Waals surface area (Å²) in [6, 6.07) is 14.0. The topological polar surface area (TPSA) is 105 Å². The van der Waals surface area contributed by atoms with Crippen LogP contribution in [0.2, 0.25) is 0 Å². The van der Waals surface area contributed by atoms with Gasteiger partial charge in [-0.3, -0.25) is 19.6 Å². The Kier molecular flexibility index (Phi) is 5.81. The van der Waals surface area contributed by atoms with Crippen LogP contribution in [-0.2, 0) is 0 Å². The zero-order valence-corrected chi connectivity index (χ0v) is 15.4. The van der Waals surface area contributed by atoms with E-state index in [1.54, 1.807) is 56.7 Å². The summed E-state index contributed by atoms with van der Waals surface area (Å²) in [4.78, 5) is 31.4. The molecule has 2 aromatic heterocycles. The molecule has 8 nitrogen and oxygen atoms in total. The van der Waals surface area contributed by atoms with E-state index in [-0.39, 0.29) is 17.5 Å². The standard InChI is InChI=1S/C20H19N5O3/c1-21-19(26)17-11-14(7-9-23-17)25-13-3-5-15(6-4-13)28-16-8-10-24-18(12-16)20(27)22-2/h3-12H,1-2H3,(H,21,26)(H,22,27)(H,23,25). The fraction of sp³-hybridized carbons (Fsp3) is 0.100. The molecule has 1 aromatic carbocycles. The minimum Gasteiger partial charge on any atom is -0.457 e. The second kappa shape index (κ2) is 8.63. The van der Waals surface area contributed by atoms with Gasteiger partial charge in [-0.1, -0.05) is 0 Å². The predicted octanol–water partition coefficient (Wildman–Crippen LogP) is 2.73. The molecule has 8 heteroatoms. The van der Waals surface area contributed by atoms with Gasteiger partial charge in [0.25, 0.3) is 11.8 Å². The second-order valence-electron chi connectivity index (χ2n) is 5.72.